The molecule has 0 N–H and O–H groups in total. The summed E-state index contributed by atoms with van der Waals surface area (Å²) in [5.74, 6) is 0.719. The van der Waals surface area contributed by atoms with Crippen molar-refractivity contribution in [2.24, 2.45) is 0 Å². The summed E-state index contributed by atoms with van der Waals surface area (Å²) in [7, 11) is 1.57. The van der Waals surface area contributed by atoms with Crippen LogP contribution in [-0.4, -0.2) is 12.0 Å². The molecule has 0 spiro atoms. The minimum absolute atomic E-state index is 0.222. The fraction of sp³-hybridized carbons (Fsp3) is 0.222. The van der Waals surface area contributed by atoms with Crippen LogP contribution in [0, 0.1) is 10.1 Å². The van der Waals surface area contributed by atoms with Crippen LogP contribution >= 0.6 is 0 Å². The first-order chi connectivity index (χ1) is 11.8. The van der Waals surface area contributed by atoms with Crippen molar-refractivity contribution in [3.63, 3.8) is 0 Å². The number of rotatable bonds is 3. The molecule has 130 valence electrons. The van der Waals surface area contributed by atoms with E-state index in [4.69, 9.17) is 4.74 Å². The Morgan fingerprint density at radius 2 is 1.88 bits per heavy atom. The minimum atomic E-state index is -4.62. The summed E-state index contributed by atoms with van der Waals surface area (Å²) < 4.78 is 43.6. The van der Waals surface area contributed by atoms with Crippen molar-refractivity contribution in [2.75, 3.05) is 7.11 Å². The highest BCUT2D eigenvalue weighted by Gasteiger charge is 2.33. The van der Waals surface area contributed by atoms with Gasteiger partial charge in [-0.15, -0.1) is 0 Å². The van der Waals surface area contributed by atoms with Crippen molar-refractivity contribution in [3.8, 4) is 5.75 Å². The van der Waals surface area contributed by atoms with E-state index in [1.165, 1.54) is 6.07 Å². The molecule has 0 saturated heterocycles. The lowest BCUT2D eigenvalue weighted by molar-refractivity contribution is -0.385. The number of allylic oxidation sites excluding steroid dienone is 1. The van der Waals surface area contributed by atoms with Crippen molar-refractivity contribution in [1.29, 1.82) is 0 Å². The molecule has 0 aliphatic heterocycles. The third kappa shape index (κ3) is 3.35. The number of ether oxygens (including phenoxy) is 1. The lowest BCUT2D eigenvalue weighted by atomic mass is 9.87. The Morgan fingerprint density at radius 3 is 2.52 bits per heavy atom. The zero-order valence-electron chi connectivity index (χ0n) is 13.3. The Bertz CT molecular complexity index is 872. The summed E-state index contributed by atoms with van der Waals surface area (Å²) in [5.41, 5.74) is 1.24. The number of fused-ring (bicyclic) bond motifs is 1. The second-order valence-electron chi connectivity index (χ2n) is 5.72. The Balaban J connectivity index is 2.07. The molecular weight excluding hydrogens is 335 g/mol. The van der Waals surface area contributed by atoms with E-state index < -0.39 is 22.4 Å². The maximum atomic E-state index is 12.8. The molecule has 1 aliphatic carbocycles. The fourth-order valence-electron chi connectivity index (χ4n) is 2.94. The van der Waals surface area contributed by atoms with Gasteiger partial charge >= 0.3 is 6.18 Å². The number of alkyl halides is 3. The van der Waals surface area contributed by atoms with E-state index in [-0.39, 0.29) is 5.56 Å². The molecule has 0 heterocycles. The number of hydrogen-bond donors (Lipinski definition) is 0. The molecule has 0 saturated carbocycles. The number of hydrogen-bond acceptors (Lipinski definition) is 3. The topological polar surface area (TPSA) is 52.4 Å². The van der Waals surface area contributed by atoms with Crippen LogP contribution in [0.25, 0.3) is 11.6 Å². The molecule has 0 atom stereocenters. The van der Waals surface area contributed by atoms with Crippen molar-refractivity contribution < 1.29 is 22.8 Å². The van der Waals surface area contributed by atoms with E-state index in [0.717, 1.165) is 22.9 Å². The highest BCUT2D eigenvalue weighted by molar-refractivity contribution is 5.87. The highest BCUT2D eigenvalue weighted by atomic mass is 19.4. The van der Waals surface area contributed by atoms with Crippen LogP contribution in [0.4, 0.5) is 18.9 Å². The molecule has 0 aromatic heterocycles. The fourth-order valence-corrected chi connectivity index (χ4v) is 2.94. The molecule has 0 radical (unpaired) electrons. The van der Waals surface area contributed by atoms with Gasteiger partial charge in [0.15, 0.2) is 0 Å². The molecule has 7 heteroatoms. The third-order valence-corrected chi connectivity index (χ3v) is 4.21. The van der Waals surface area contributed by atoms with Crippen molar-refractivity contribution >= 4 is 17.3 Å². The Hall–Kier alpha value is -2.83. The van der Waals surface area contributed by atoms with E-state index in [1.54, 1.807) is 19.3 Å². The van der Waals surface area contributed by atoms with Gasteiger partial charge in [-0.05, 0) is 53.8 Å². The summed E-state index contributed by atoms with van der Waals surface area (Å²) in [6, 6.07) is 8.17. The monoisotopic (exact) mass is 349 g/mol. The van der Waals surface area contributed by atoms with Gasteiger partial charge in [0.1, 0.15) is 5.75 Å². The second kappa shape index (κ2) is 6.23. The first-order valence-corrected chi connectivity index (χ1v) is 7.53. The van der Waals surface area contributed by atoms with Gasteiger partial charge < -0.3 is 4.74 Å². The predicted molar refractivity (Wildman–Crippen MR) is 87.3 cm³/mol. The van der Waals surface area contributed by atoms with Gasteiger partial charge in [-0.3, -0.25) is 10.1 Å². The van der Waals surface area contributed by atoms with E-state index in [1.807, 2.05) is 12.1 Å². The van der Waals surface area contributed by atoms with Crippen LogP contribution < -0.4 is 4.74 Å². The zero-order valence-corrected chi connectivity index (χ0v) is 13.3. The number of aryl methyl sites for hydroxylation is 1. The van der Waals surface area contributed by atoms with Crippen LogP contribution in [0.3, 0.4) is 0 Å². The Kier molecular flexibility index (Phi) is 4.24. The molecule has 0 amide bonds. The predicted octanol–water partition coefficient (Wildman–Crippen LogP) is 5.11. The maximum absolute atomic E-state index is 12.8. The molecule has 2 aromatic carbocycles. The van der Waals surface area contributed by atoms with Gasteiger partial charge in [-0.1, -0.05) is 12.1 Å². The smallest absolute Gasteiger partial charge is 0.416 e. The standard InChI is InChI=1S/C18H14F3NO3/c1-25-15-6-4-11-8-13(3-2-12(11)9-15)16-7-5-14(18(19,20)21)10-17(16)22(23)24/h4-10H,2-3H2,1H3. The van der Waals surface area contributed by atoms with Crippen LogP contribution in [0.2, 0.25) is 0 Å². The minimum Gasteiger partial charge on any atom is -0.497 e. The number of nitro groups is 1. The van der Waals surface area contributed by atoms with Crippen LogP contribution in [0.15, 0.2) is 36.4 Å². The highest BCUT2D eigenvalue weighted by Crippen LogP contribution is 2.39. The van der Waals surface area contributed by atoms with E-state index in [0.29, 0.717) is 24.5 Å². The van der Waals surface area contributed by atoms with E-state index in [9.17, 15) is 23.3 Å². The van der Waals surface area contributed by atoms with Gasteiger partial charge in [0.2, 0.25) is 0 Å². The van der Waals surface area contributed by atoms with Crippen molar-refractivity contribution in [1.82, 2.24) is 0 Å². The van der Waals surface area contributed by atoms with Gasteiger partial charge in [-0.25, -0.2) is 0 Å². The largest absolute Gasteiger partial charge is 0.497 e. The van der Waals surface area contributed by atoms with Crippen molar-refractivity contribution in [3.05, 3.63) is 68.8 Å². The second-order valence-corrected chi connectivity index (χ2v) is 5.72. The molecule has 0 bridgehead atoms. The average Bonchev–Trinajstić information content (AvgIpc) is 2.59. The van der Waals surface area contributed by atoms with Crippen molar-refractivity contribution in [2.45, 2.75) is 19.0 Å². The van der Waals surface area contributed by atoms with Crippen LogP contribution in [0.1, 0.15) is 28.7 Å². The maximum Gasteiger partial charge on any atom is 0.416 e. The number of methoxy groups -OCH3 is 1. The summed E-state index contributed by atoms with van der Waals surface area (Å²) in [5, 5.41) is 11.3. The normalized spacial score (nSPS) is 13.8. The summed E-state index contributed by atoms with van der Waals surface area (Å²) >= 11 is 0. The molecule has 2 aromatic rings. The van der Waals surface area contributed by atoms with Gasteiger partial charge in [-0.2, -0.15) is 13.2 Å². The number of halogens is 3. The molecule has 1 aliphatic rings. The lowest BCUT2D eigenvalue weighted by Gasteiger charge is -2.18. The first kappa shape index (κ1) is 17.0. The SMILES string of the molecule is COc1ccc2c(c1)CCC(c1ccc(C(F)(F)F)cc1[N+](=O)[O-])=C2. The van der Waals surface area contributed by atoms with E-state index >= 15 is 0 Å². The molecule has 0 fully saturated rings. The first-order valence-electron chi connectivity index (χ1n) is 7.53. The summed E-state index contributed by atoms with van der Waals surface area (Å²) in [4.78, 5) is 10.5. The number of nitro benzene ring substituents is 1. The summed E-state index contributed by atoms with van der Waals surface area (Å²) in [6.07, 6.45) is -1.69. The average molecular weight is 349 g/mol. The quantitative estimate of drug-likeness (QED) is 0.572. The molecule has 3 rings (SSSR count). The van der Waals surface area contributed by atoms with E-state index in [2.05, 4.69) is 0 Å². The lowest BCUT2D eigenvalue weighted by Crippen LogP contribution is -2.07. The third-order valence-electron chi connectivity index (χ3n) is 4.21. The zero-order chi connectivity index (χ0) is 18.2. The van der Waals surface area contributed by atoms with Gasteiger partial charge in [0.05, 0.1) is 23.2 Å². The van der Waals surface area contributed by atoms with Gasteiger partial charge in [0, 0.05) is 6.07 Å². The number of benzene rings is 2. The van der Waals surface area contributed by atoms with Crippen LogP contribution in [-0.2, 0) is 12.6 Å². The Morgan fingerprint density at radius 1 is 1.12 bits per heavy atom. The van der Waals surface area contributed by atoms with Crippen LogP contribution in [0.5, 0.6) is 5.75 Å². The summed E-state index contributed by atoms with van der Waals surface area (Å²) in [6.45, 7) is 0. The Labute approximate surface area is 141 Å². The molecule has 25 heavy (non-hydrogen) atoms. The molecule has 0 unspecified atom stereocenters. The van der Waals surface area contributed by atoms with Gasteiger partial charge in [0.25, 0.3) is 5.69 Å². The molecular formula is C18H14F3NO3. The number of nitrogens with zero attached hydrogens (tertiary/aromatic N) is 1. The molecule has 4 nitrogen and oxygen atoms in total.